The van der Waals surface area contributed by atoms with Gasteiger partial charge in [0.25, 0.3) is 0 Å². The number of benzene rings is 2. The minimum atomic E-state index is -0.524. The third-order valence-electron chi connectivity index (χ3n) is 4.71. The highest BCUT2D eigenvalue weighted by atomic mass is 19.1. The Labute approximate surface area is 147 Å². The van der Waals surface area contributed by atoms with Gasteiger partial charge in [-0.15, -0.1) is 0 Å². The monoisotopic (exact) mass is 343 g/mol. The van der Waals surface area contributed by atoms with Crippen molar-refractivity contribution in [1.29, 1.82) is 0 Å². The zero-order valence-corrected chi connectivity index (χ0v) is 14.4. The molecule has 0 saturated carbocycles. The lowest BCUT2D eigenvalue weighted by atomic mass is 9.95. The first-order chi connectivity index (χ1) is 12.2. The Kier molecular flexibility index (Phi) is 5.69. The largest absolute Gasteiger partial charge is 0.494 e. The molecular weight excluding hydrogens is 320 g/mol. The average Bonchev–Trinajstić information content (AvgIpc) is 2.65. The second-order valence-electron chi connectivity index (χ2n) is 6.38. The van der Waals surface area contributed by atoms with E-state index in [9.17, 15) is 8.78 Å². The van der Waals surface area contributed by atoms with Crippen LogP contribution in [-0.2, 0) is 6.42 Å². The fraction of sp³-hybridized carbons (Fsp3) is 0.333. The van der Waals surface area contributed by atoms with Crippen LogP contribution in [0, 0.1) is 17.6 Å². The van der Waals surface area contributed by atoms with Gasteiger partial charge in [0.15, 0.2) is 11.6 Å². The molecule has 0 spiro atoms. The van der Waals surface area contributed by atoms with E-state index in [-0.39, 0.29) is 5.75 Å². The first kappa shape index (κ1) is 17.5. The molecule has 4 heteroatoms. The van der Waals surface area contributed by atoms with E-state index in [1.807, 2.05) is 23.1 Å². The molecule has 0 bridgehead atoms. The summed E-state index contributed by atoms with van der Waals surface area (Å²) in [5, 5.41) is 0. The number of hydrogen-bond donors (Lipinski definition) is 0. The van der Waals surface area contributed by atoms with Crippen LogP contribution < -0.4 is 9.64 Å². The highest BCUT2D eigenvalue weighted by molar-refractivity contribution is 5.51. The fourth-order valence-corrected chi connectivity index (χ4v) is 3.26. The molecule has 1 aliphatic heterocycles. The van der Waals surface area contributed by atoms with E-state index < -0.39 is 11.6 Å². The summed E-state index contributed by atoms with van der Waals surface area (Å²) in [6, 6.07) is 12.7. The van der Waals surface area contributed by atoms with Crippen LogP contribution in [0.15, 0.2) is 54.6 Å². The normalized spacial score (nSPS) is 15.7. The number of piperidine rings is 1. The van der Waals surface area contributed by atoms with Gasteiger partial charge in [0, 0.05) is 25.2 Å². The lowest BCUT2D eigenvalue weighted by Crippen LogP contribution is -2.33. The summed E-state index contributed by atoms with van der Waals surface area (Å²) in [6.07, 6.45) is 7.29. The molecule has 3 rings (SSSR count). The minimum absolute atomic E-state index is 0.0556. The standard InChI is InChI=1S/C21H23F2NO/c1-25-21-15-18(22)20(14-19(21)23)24-12-10-17(11-13-24)9-5-8-16-6-3-2-4-7-16/h2-7,9,14-15,17H,8,10-13H2,1H3/b9-5-. The van der Waals surface area contributed by atoms with Crippen molar-refractivity contribution in [1.82, 2.24) is 0 Å². The van der Waals surface area contributed by atoms with Crippen molar-refractivity contribution in [2.45, 2.75) is 19.3 Å². The van der Waals surface area contributed by atoms with E-state index in [2.05, 4.69) is 24.3 Å². The lowest BCUT2D eigenvalue weighted by molar-refractivity contribution is 0.382. The Hall–Kier alpha value is -2.36. The summed E-state index contributed by atoms with van der Waals surface area (Å²) in [6.45, 7) is 1.45. The summed E-state index contributed by atoms with van der Waals surface area (Å²) in [4.78, 5) is 1.92. The van der Waals surface area contributed by atoms with Crippen LogP contribution in [0.2, 0.25) is 0 Å². The van der Waals surface area contributed by atoms with Crippen LogP contribution in [0.3, 0.4) is 0 Å². The van der Waals surface area contributed by atoms with Crippen molar-refractivity contribution in [3.8, 4) is 5.75 Å². The zero-order valence-electron chi connectivity index (χ0n) is 14.4. The van der Waals surface area contributed by atoms with Crippen LogP contribution >= 0.6 is 0 Å². The third kappa shape index (κ3) is 4.38. The smallest absolute Gasteiger partial charge is 0.167 e. The molecule has 0 amide bonds. The van der Waals surface area contributed by atoms with E-state index in [1.165, 1.54) is 18.7 Å². The number of hydrogen-bond acceptors (Lipinski definition) is 2. The molecule has 0 unspecified atom stereocenters. The van der Waals surface area contributed by atoms with Crippen LogP contribution in [0.5, 0.6) is 5.75 Å². The third-order valence-corrected chi connectivity index (χ3v) is 4.71. The van der Waals surface area contributed by atoms with Gasteiger partial charge in [0.2, 0.25) is 0 Å². The Bertz CT molecular complexity index is 722. The molecule has 0 N–H and O–H groups in total. The molecule has 1 fully saturated rings. The second kappa shape index (κ2) is 8.15. The number of halogens is 2. The summed E-state index contributed by atoms with van der Waals surface area (Å²) < 4.78 is 32.9. The molecule has 2 aromatic rings. The molecule has 1 aliphatic rings. The molecule has 0 aromatic heterocycles. The number of anilines is 1. The SMILES string of the molecule is COc1cc(F)c(N2CCC(/C=C\Cc3ccccc3)CC2)cc1F. The molecule has 1 heterocycles. The molecule has 0 radical (unpaired) electrons. The van der Waals surface area contributed by atoms with Crippen molar-refractivity contribution in [3.05, 3.63) is 71.8 Å². The molecule has 25 heavy (non-hydrogen) atoms. The van der Waals surface area contributed by atoms with Gasteiger partial charge in [-0.05, 0) is 30.7 Å². The molecule has 0 atom stereocenters. The maximum atomic E-state index is 14.2. The van der Waals surface area contributed by atoms with E-state index in [4.69, 9.17) is 4.74 Å². The summed E-state index contributed by atoms with van der Waals surface area (Å²) in [5.74, 6) is -0.522. The van der Waals surface area contributed by atoms with E-state index in [0.29, 0.717) is 11.6 Å². The van der Waals surface area contributed by atoms with Crippen molar-refractivity contribution in [2.24, 2.45) is 5.92 Å². The first-order valence-electron chi connectivity index (χ1n) is 8.66. The van der Waals surface area contributed by atoms with Gasteiger partial charge in [-0.1, -0.05) is 42.5 Å². The van der Waals surface area contributed by atoms with Gasteiger partial charge in [-0.3, -0.25) is 0 Å². The van der Waals surface area contributed by atoms with E-state index in [1.54, 1.807) is 0 Å². The number of ether oxygens (including phenoxy) is 1. The van der Waals surface area contributed by atoms with Crippen LogP contribution in [0.4, 0.5) is 14.5 Å². The van der Waals surface area contributed by atoms with Crippen molar-refractivity contribution < 1.29 is 13.5 Å². The Morgan fingerprint density at radius 2 is 1.80 bits per heavy atom. The number of allylic oxidation sites excluding steroid dienone is 2. The minimum Gasteiger partial charge on any atom is -0.494 e. The molecular formula is C21H23F2NO. The van der Waals surface area contributed by atoms with Gasteiger partial charge >= 0.3 is 0 Å². The van der Waals surface area contributed by atoms with Crippen LogP contribution in [-0.4, -0.2) is 20.2 Å². The highest BCUT2D eigenvalue weighted by Crippen LogP contribution is 2.30. The first-order valence-corrected chi connectivity index (χ1v) is 8.66. The molecule has 2 nitrogen and oxygen atoms in total. The van der Waals surface area contributed by atoms with Gasteiger partial charge in [-0.2, -0.15) is 0 Å². The number of rotatable bonds is 5. The molecule has 2 aromatic carbocycles. The van der Waals surface area contributed by atoms with Crippen LogP contribution in [0.25, 0.3) is 0 Å². The fourth-order valence-electron chi connectivity index (χ4n) is 3.26. The Morgan fingerprint density at radius 3 is 2.48 bits per heavy atom. The van der Waals surface area contributed by atoms with Crippen molar-refractivity contribution in [2.75, 3.05) is 25.1 Å². The molecule has 132 valence electrons. The van der Waals surface area contributed by atoms with E-state index >= 15 is 0 Å². The summed E-state index contributed by atoms with van der Waals surface area (Å²) in [5.41, 5.74) is 1.62. The van der Waals surface area contributed by atoms with Gasteiger partial charge < -0.3 is 9.64 Å². The number of methoxy groups -OCH3 is 1. The Balaban J connectivity index is 1.56. The predicted octanol–water partition coefficient (Wildman–Crippen LogP) is 4.99. The molecule has 0 aliphatic carbocycles. The van der Waals surface area contributed by atoms with Gasteiger partial charge in [0.05, 0.1) is 12.8 Å². The predicted molar refractivity (Wildman–Crippen MR) is 97.1 cm³/mol. The summed E-state index contributed by atoms with van der Waals surface area (Å²) in [7, 11) is 1.34. The Morgan fingerprint density at radius 1 is 1.08 bits per heavy atom. The number of nitrogens with zero attached hydrogens (tertiary/aromatic N) is 1. The summed E-state index contributed by atoms with van der Waals surface area (Å²) >= 11 is 0. The topological polar surface area (TPSA) is 12.5 Å². The zero-order chi connectivity index (χ0) is 17.6. The van der Waals surface area contributed by atoms with Crippen molar-refractivity contribution in [3.63, 3.8) is 0 Å². The van der Waals surface area contributed by atoms with Gasteiger partial charge in [0.1, 0.15) is 5.82 Å². The maximum absolute atomic E-state index is 14.2. The van der Waals surface area contributed by atoms with E-state index in [0.717, 1.165) is 38.4 Å². The highest BCUT2D eigenvalue weighted by Gasteiger charge is 2.21. The maximum Gasteiger partial charge on any atom is 0.167 e. The lowest BCUT2D eigenvalue weighted by Gasteiger charge is -2.32. The second-order valence-corrected chi connectivity index (χ2v) is 6.38. The average molecular weight is 343 g/mol. The van der Waals surface area contributed by atoms with Gasteiger partial charge in [-0.25, -0.2) is 8.78 Å². The van der Waals surface area contributed by atoms with Crippen molar-refractivity contribution >= 4 is 5.69 Å². The quantitative estimate of drug-likeness (QED) is 0.709. The van der Waals surface area contributed by atoms with Crippen LogP contribution in [0.1, 0.15) is 18.4 Å². The molecule has 1 saturated heterocycles.